The number of anilines is 2. The van der Waals surface area contributed by atoms with Crippen LogP contribution in [0.2, 0.25) is 0 Å². The number of aryl methyl sites for hydroxylation is 1. The molecule has 0 bridgehead atoms. The molecule has 0 aromatic heterocycles. The molecule has 0 aliphatic carbocycles. The zero-order valence-corrected chi connectivity index (χ0v) is 20.3. The maximum absolute atomic E-state index is 13.1. The third-order valence-electron chi connectivity index (χ3n) is 5.36. The molecule has 1 aliphatic rings. The molecule has 2 N–H and O–H groups in total. The standard InChI is InChI=1S/C28H25N3O6/c1-3-36-24-16-19(12-13-23(24)37-17-25(32)29-20-9-7-8-18(2)14-20)15-22-26(33)30-28(35)31(27(22)34)21-10-5-4-6-11-21/h4-16H,3,17H2,1-2H3,(H,29,32)(H,30,33,35)/b22-15+. The molecule has 1 aliphatic heterocycles. The van der Waals surface area contributed by atoms with Gasteiger partial charge in [0, 0.05) is 5.69 Å². The zero-order chi connectivity index (χ0) is 26.4. The number of hydrogen-bond acceptors (Lipinski definition) is 6. The first-order chi connectivity index (χ1) is 17.9. The van der Waals surface area contributed by atoms with Crippen LogP contribution in [-0.2, 0) is 14.4 Å². The van der Waals surface area contributed by atoms with Crippen LogP contribution in [0.5, 0.6) is 11.5 Å². The quantitative estimate of drug-likeness (QED) is 0.357. The van der Waals surface area contributed by atoms with Crippen molar-refractivity contribution in [3.63, 3.8) is 0 Å². The molecular formula is C28H25N3O6. The molecule has 1 fully saturated rings. The Morgan fingerprint density at radius 3 is 2.46 bits per heavy atom. The van der Waals surface area contributed by atoms with Crippen LogP contribution in [0.4, 0.5) is 16.2 Å². The first-order valence-corrected chi connectivity index (χ1v) is 11.6. The second kappa shape index (κ2) is 11.2. The Hall–Kier alpha value is -4.92. The van der Waals surface area contributed by atoms with E-state index in [0.717, 1.165) is 10.5 Å². The van der Waals surface area contributed by atoms with E-state index in [1.807, 2.05) is 25.1 Å². The number of barbiturate groups is 1. The summed E-state index contributed by atoms with van der Waals surface area (Å²) in [6, 6.07) is 19.7. The lowest BCUT2D eigenvalue weighted by Gasteiger charge is -2.26. The highest BCUT2D eigenvalue weighted by Crippen LogP contribution is 2.30. The smallest absolute Gasteiger partial charge is 0.335 e. The number of ether oxygens (including phenoxy) is 2. The normalized spacial score (nSPS) is 14.4. The Bertz CT molecular complexity index is 1380. The maximum Gasteiger partial charge on any atom is 0.335 e. The number of carbonyl (C=O) groups excluding carboxylic acids is 4. The van der Waals surface area contributed by atoms with E-state index in [4.69, 9.17) is 9.47 Å². The monoisotopic (exact) mass is 499 g/mol. The molecule has 1 heterocycles. The molecule has 0 radical (unpaired) electrons. The fraction of sp³-hybridized carbons (Fsp3) is 0.143. The van der Waals surface area contributed by atoms with E-state index in [-0.39, 0.29) is 18.1 Å². The molecule has 3 aromatic rings. The second-order valence-corrected chi connectivity index (χ2v) is 8.14. The number of rotatable bonds is 8. The van der Waals surface area contributed by atoms with Crippen molar-refractivity contribution < 1.29 is 28.7 Å². The predicted octanol–water partition coefficient (Wildman–Crippen LogP) is 4.08. The SMILES string of the molecule is CCOc1cc(/C=C2\C(=O)NC(=O)N(c3ccccc3)C2=O)ccc1OCC(=O)Nc1cccc(C)c1. The van der Waals surface area contributed by atoms with Gasteiger partial charge in [-0.3, -0.25) is 19.7 Å². The number of nitrogens with one attached hydrogen (secondary N) is 2. The topological polar surface area (TPSA) is 114 Å². The summed E-state index contributed by atoms with van der Waals surface area (Å²) in [5, 5.41) is 4.97. The van der Waals surface area contributed by atoms with Gasteiger partial charge in [-0.2, -0.15) is 0 Å². The van der Waals surface area contributed by atoms with E-state index >= 15 is 0 Å². The molecule has 9 nitrogen and oxygen atoms in total. The molecule has 37 heavy (non-hydrogen) atoms. The first kappa shape index (κ1) is 25.2. The van der Waals surface area contributed by atoms with Crippen LogP contribution >= 0.6 is 0 Å². The molecule has 0 saturated carbocycles. The number of urea groups is 1. The Morgan fingerprint density at radius 1 is 0.946 bits per heavy atom. The van der Waals surface area contributed by atoms with Gasteiger partial charge in [-0.15, -0.1) is 0 Å². The van der Waals surface area contributed by atoms with Gasteiger partial charge in [-0.1, -0.05) is 36.4 Å². The molecule has 9 heteroatoms. The minimum absolute atomic E-state index is 0.211. The summed E-state index contributed by atoms with van der Waals surface area (Å²) >= 11 is 0. The van der Waals surface area contributed by atoms with Crippen LogP contribution in [0.15, 0.2) is 78.4 Å². The first-order valence-electron chi connectivity index (χ1n) is 11.6. The van der Waals surface area contributed by atoms with Crippen LogP contribution in [0.1, 0.15) is 18.1 Å². The van der Waals surface area contributed by atoms with Crippen molar-refractivity contribution in [3.8, 4) is 11.5 Å². The average Bonchev–Trinajstić information content (AvgIpc) is 2.87. The van der Waals surface area contributed by atoms with E-state index in [0.29, 0.717) is 35.0 Å². The maximum atomic E-state index is 13.1. The lowest BCUT2D eigenvalue weighted by Crippen LogP contribution is -2.54. The largest absolute Gasteiger partial charge is 0.490 e. The Labute approximate surface area is 213 Å². The number of imide groups is 2. The summed E-state index contributed by atoms with van der Waals surface area (Å²) in [6.07, 6.45) is 1.37. The van der Waals surface area contributed by atoms with Crippen molar-refractivity contribution in [2.45, 2.75) is 13.8 Å². The van der Waals surface area contributed by atoms with Crippen molar-refractivity contribution in [1.82, 2.24) is 5.32 Å². The Morgan fingerprint density at radius 2 is 1.73 bits per heavy atom. The van der Waals surface area contributed by atoms with Crippen LogP contribution in [0, 0.1) is 6.92 Å². The van der Waals surface area contributed by atoms with Crippen molar-refractivity contribution in [2.24, 2.45) is 0 Å². The molecule has 0 spiro atoms. The van der Waals surface area contributed by atoms with Gasteiger partial charge in [-0.05, 0) is 67.4 Å². The minimum Gasteiger partial charge on any atom is -0.490 e. The van der Waals surface area contributed by atoms with Gasteiger partial charge < -0.3 is 14.8 Å². The number of nitrogens with zero attached hydrogens (tertiary/aromatic N) is 1. The molecule has 0 atom stereocenters. The summed E-state index contributed by atoms with van der Waals surface area (Å²) in [5.41, 5.74) is 2.28. The van der Waals surface area contributed by atoms with Gasteiger partial charge in [0.1, 0.15) is 5.57 Å². The van der Waals surface area contributed by atoms with E-state index in [1.165, 1.54) is 6.08 Å². The highest BCUT2D eigenvalue weighted by molar-refractivity contribution is 6.39. The molecule has 3 aromatic carbocycles. The van der Waals surface area contributed by atoms with Crippen molar-refractivity contribution >= 4 is 41.2 Å². The predicted molar refractivity (Wildman–Crippen MR) is 138 cm³/mol. The molecule has 1 saturated heterocycles. The molecule has 5 amide bonds. The lowest BCUT2D eigenvalue weighted by molar-refractivity contribution is -0.122. The Balaban J connectivity index is 1.52. The number of amides is 5. The number of carbonyl (C=O) groups is 4. The van der Waals surface area contributed by atoms with Crippen LogP contribution in [0.3, 0.4) is 0 Å². The van der Waals surface area contributed by atoms with E-state index in [2.05, 4.69) is 10.6 Å². The third-order valence-corrected chi connectivity index (χ3v) is 5.36. The average molecular weight is 500 g/mol. The van der Waals surface area contributed by atoms with E-state index in [1.54, 1.807) is 61.5 Å². The molecule has 188 valence electrons. The highest BCUT2D eigenvalue weighted by Gasteiger charge is 2.36. The molecule has 0 unspecified atom stereocenters. The van der Waals surface area contributed by atoms with Gasteiger partial charge in [0.25, 0.3) is 17.7 Å². The van der Waals surface area contributed by atoms with Crippen molar-refractivity contribution in [3.05, 3.63) is 89.5 Å². The summed E-state index contributed by atoms with van der Waals surface area (Å²) in [7, 11) is 0. The molecule has 4 rings (SSSR count). The van der Waals surface area contributed by atoms with E-state index in [9.17, 15) is 19.2 Å². The van der Waals surface area contributed by atoms with Gasteiger partial charge in [0.05, 0.1) is 12.3 Å². The lowest BCUT2D eigenvalue weighted by atomic mass is 10.1. The van der Waals surface area contributed by atoms with Gasteiger partial charge >= 0.3 is 6.03 Å². The van der Waals surface area contributed by atoms with Gasteiger partial charge in [0.2, 0.25) is 0 Å². The minimum atomic E-state index is -0.818. The fourth-order valence-electron chi connectivity index (χ4n) is 3.70. The van der Waals surface area contributed by atoms with Crippen molar-refractivity contribution in [1.29, 1.82) is 0 Å². The number of hydrogen-bond donors (Lipinski definition) is 2. The van der Waals surface area contributed by atoms with Crippen LogP contribution < -0.4 is 25.0 Å². The van der Waals surface area contributed by atoms with Crippen LogP contribution in [0.25, 0.3) is 6.08 Å². The molecular weight excluding hydrogens is 474 g/mol. The summed E-state index contributed by atoms with van der Waals surface area (Å²) in [6.45, 7) is 3.80. The number of para-hydroxylation sites is 1. The zero-order valence-electron chi connectivity index (χ0n) is 20.3. The second-order valence-electron chi connectivity index (χ2n) is 8.14. The summed E-state index contributed by atoms with van der Waals surface area (Å²) in [4.78, 5) is 51.1. The summed E-state index contributed by atoms with van der Waals surface area (Å²) in [5.74, 6) is -1.22. The van der Waals surface area contributed by atoms with Crippen LogP contribution in [-0.4, -0.2) is 37.0 Å². The third kappa shape index (κ3) is 6.02. The number of benzene rings is 3. The summed E-state index contributed by atoms with van der Waals surface area (Å²) < 4.78 is 11.3. The van der Waals surface area contributed by atoms with Gasteiger partial charge in [-0.25, -0.2) is 9.69 Å². The highest BCUT2D eigenvalue weighted by atomic mass is 16.5. The van der Waals surface area contributed by atoms with Gasteiger partial charge in [0.15, 0.2) is 18.1 Å². The van der Waals surface area contributed by atoms with E-state index < -0.39 is 17.8 Å². The van der Waals surface area contributed by atoms with Crippen molar-refractivity contribution in [2.75, 3.05) is 23.4 Å². The Kier molecular flexibility index (Phi) is 7.63. The fourth-order valence-corrected chi connectivity index (χ4v) is 3.70.